The molecule has 2 aliphatic heterocycles. The predicted octanol–water partition coefficient (Wildman–Crippen LogP) is -0.443. The topological polar surface area (TPSA) is 44.4 Å². The molecule has 0 aromatic heterocycles. The van der Waals surface area contributed by atoms with Gasteiger partial charge in [-0.1, -0.05) is 6.92 Å². The van der Waals surface area contributed by atoms with Gasteiger partial charge in [0.1, 0.15) is 0 Å². The quantitative estimate of drug-likeness (QED) is 0.599. The Balaban J connectivity index is 2.14. The second kappa shape index (κ2) is 3.87. The van der Waals surface area contributed by atoms with Crippen molar-refractivity contribution < 1.29 is 4.79 Å². The fourth-order valence-electron chi connectivity index (χ4n) is 2.65. The number of likely N-dealkylation sites (N-methyl/N-ethyl adjacent to an activating group) is 1. The molecule has 1 amide bonds. The van der Waals surface area contributed by atoms with E-state index in [-0.39, 0.29) is 5.91 Å². The number of nitrogens with one attached hydrogen (secondary N) is 2. The Morgan fingerprint density at radius 2 is 2.14 bits per heavy atom. The average molecular weight is 197 g/mol. The second-order valence-corrected chi connectivity index (χ2v) is 4.22. The number of piperidine rings is 1. The fourth-order valence-corrected chi connectivity index (χ4v) is 2.65. The van der Waals surface area contributed by atoms with E-state index in [9.17, 15) is 4.79 Å². The highest BCUT2D eigenvalue weighted by molar-refractivity contribution is 5.78. The Morgan fingerprint density at radius 3 is 2.86 bits per heavy atom. The van der Waals surface area contributed by atoms with Crippen molar-refractivity contribution in [1.82, 2.24) is 15.5 Å². The van der Waals surface area contributed by atoms with E-state index in [4.69, 9.17) is 0 Å². The summed E-state index contributed by atoms with van der Waals surface area (Å²) < 4.78 is 0. The van der Waals surface area contributed by atoms with Gasteiger partial charge >= 0.3 is 0 Å². The van der Waals surface area contributed by atoms with E-state index >= 15 is 0 Å². The maximum atomic E-state index is 11.7. The zero-order valence-corrected chi connectivity index (χ0v) is 8.92. The third-order valence-corrected chi connectivity index (χ3v) is 3.46. The van der Waals surface area contributed by atoms with Gasteiger partial charge in [-0.2, -0.15) is 0 Å². The lowest BCUT2D eigenvalue weighted by molar-refractivity contribution is -0.137. The van der Waals surface area contributed by atoms with Crippen molar-refractivity contribution in [1.29, 1.82) is 0 Å². The minimum atomic E-state index is 0.273. The monoisotopic (exact) mass is 197 g/mol. The summed E-state index contributed by atoms with van der Waals surface area (Å²) in [5.41, 5.74) is 0. The maximum Gasteiger partial charge on any atom is 0.224 e. The number of piperazine rings is 1. The largest absolute Gasteiger partial charge is 0.341 e. The summed E-state index contributed by atoms with van der Waals surface area (Å²) in [6, 6.07) is 1.14. The molecule has 2 heterocycles. The molecule has 2 rings (SSSR count). The lowest BCUT2D eigenvalue weighted by Gasteiger charge is -2.46. The third kappa shape index (κ3) is 1.53. The summed E-state index contributed by atoms with van der Waals surface area (Å²) in [5.74, 6) is 0.273. The molecule has 0 spiro atoms. The van der Waals surface area contributed by atoms with E-state index in [1.807, 2.05) is 11.9 Å². The van der Waals surface area contributed by atoms with Crippen molar-refractivity contribution >= 4 is 5.91 Å². The van der Waals surface area contributed by atoms with Crippen LogP contribution in [0.3, 0.4) is 0 Å². The zero-order valence-electron chi connectivity index (χ0n) is 8.92. The van der Waals surface area contributed by atoms with E-state index < -0.39 is 0 Å². The molecule has 0 radical (unpaired) electrons. The van der Waals surface area contributed by atoms with Crippen LogP contribution in [0.1, 0.15) is 19.8 Å². The molecule has 2 saturated heterocycles. The summed E-state index contributed by atoms with van der Waals surface area (Å²) in [4.78, 5) is 13.6. The van der Waals surface area contributed by atoms with Gasteiger partial charge < -0.3 is 15.5 Å². The third-order valence-electron chi connectivity index (χ3n) is 3.46. The van der Waals surface area contributed by atoms with Crippen LogP contribution in [-0.4, -0.2) is 49.1 Å². The lowest BCUT2D eigenvalue weighted by Crippen LogP contribution is -2.68. The first kappa shape index (κ1) is 9.93. The smallest absolute Gasteiger partial charge is 0.224 e. The van der Waals surface area contributed by atoms with Crippen LogP contribution in [0.4, 0.5) is 0 Å². The Hall–Kier alpha value is -0.610. The standard InChI is InChI=1S/C10H19N3O/c1-3-8-10-7(11-4-5-12-10)6-9(14)13(8)2/h7-8,10-12H,3-6H2,1-2H3. The number of fused-ring (bicyclic) bond motifs is 1. The molecule has 2 fully saturated rings. The summed E-state index contributed by atoms with van der Waals surface area (Å²) in [6.07, 6.45) is 1.67. The molecular weight excluding hydrogens is 178 g/mol. The summed E-state index contributed by atoms with van der Waals surface area (Å²) in [5, 5.41) is 6.94. The number of nitrogens with zero attached hydrogens (tertiary/aromatic N) is 1. The molecule has 3 atom stereocenters. The SMILES string of the molecule is CCC1C2NCCNC2CC(=O)N1C. The molecule has 2 N–H and O–H groups in total. The van der Waals surface area contributed by atoms with Gasteiger partial charge in [0.2, 0.25) is 5.91 Å². The van der Waals surface area contributed by atoms with Crippen molar-refractivity contribution in [3.8, 4) is 0 Å². The number of likely N-dealkylation sites (tertiary alicyclic amines) is 1. The normalized spacial score (nSPS) is 38.3. The molecule has 14 heavy (non-hydrogen) atoms. The second-order valence-electron chi connectivity index (χ2n) is 4.22. The van der Waals surface area contributed by atoms with E-state index in [0.717, 1.165) is 19.5 Å². The molecule has 0 saturated carbocycles. The number of hydrogen-bond donors (Lipinski definition) is 2. The number of carbonyl (C=O) groups excluding carboxylic acids is 1. The van der Waals surface area contributed by atoms with E-state index in [2.05, 4.69) is 17.6 Å². The molecule has 4 nitrogen and oxygen atoms in total. The van der Waals surface area contributed by atoms with Crippen LogP contribution >= 0.6 is 0 Å². The zero-order chi connectivity index (χ0) is 10.1. The van der Waals surface area contributed by atoms with Gasteiger partial charge in [-0.05, 0) is 6.42 Å². The van der Waals surface area contributed by atoms with Gasteiger partial charge in [0, 0.05) is 44.7 Å². The van der Waals surface area contributed by atoms with Crippen molar-refractivity contribution in [3.63, 3.8) is 0 Å². The molecule has 0 aliphatic carbocycles. The van der Waals surface area contributed by atoms with Crippen LogP contribution in [0, 0.1) is 0 Å². The molecule has 0 aromatic carbocycles. The van der Waals surface area contributed by atoms with Crippen LogP contribution < -0.4 is 10.6 Å². The molecule has 2 aliphatic rings. The van der Waals surface area contributed by atoms with Crippen LogP contribution in [0.5, 0.6) is 0 Å². The molecule has 0 bridgehead atoms. The summed E-state index contributed by atoms with van der Waals surface area (Å²) in [7, 11) is 1.92. The lowest BCUT2D eigenvalue weighted by atomic mass is 9.88. The highest BCUT2D eigenvalue weighted by atomic mass is 16.2. The van der Waals surface area contributed by atoms with E-state index in [1.54, 1.807) is 0 Å². The molecule has 0 aromatic rings. The van der Waals surface area contributed by atoms with Crippen molar-refractivity contribution in [2.45, 2.75) is 37.9 Å². The van der Waals surface area contributed by atoms with Crippen LogP contribution in [-0.2, 0) is 4.79 Å². The van der Waals surface area contributed by atoms with Gasteiger partial charge in [0.05, 0.1) is 0 Å². The minimum absolute atomic E-state index is 0.273. The Labute approximate surface area is 85.0 Å². The van der Waals surface area contributed by atoms with Crippen molar-refractivity contribution in [2.75, 3.05) is 20.1 Å². The van der Waals surface area contributed by atoms with Gasteiger partial charge in [-0.3, -0.25) is 4.79 Å². The molecule has 80 valence electrons. The van der Waals surface area contributed by atoms with Gasteiger partial charge in [0.25, 0.3) is 0 Å². The van der Waals surface area contributed by atoms with Crippen molar-refractivity contribution in [3.05, 3.63) is 0 Å². The number of rotatable bonds is 1. The Bertz CT molecular complexity index is 231. The number of amides is 1. The highest BCUT2D eigenvalue weighted by Crippen LogP contribution is 2.21. The maximum absolute atomic E-state index is 11.7. The van der Waals surface area contributed by atoms with Gasteiger partial charge in [-0.25, -0.2) is 0 Å². The summed E-state index contributed by atoms with van der Waals surface area (Å²) in [6.45, 7) is 4.14. The molecule has 3 unspecified atom stereocenters. The fraction of sp³-hybridized carbons (Fsp3) is 0.900. The van der Waals surface area contributed by atoms with E-state index in [1.165, 1.54) is 0 Å². The van der Waals surface area contributed by atoms with Crippen LogP contribution in [0.15, 0.2) is 0 Å². The first-order valence-electron chi connectivity index (χ1n) is 5.46. The van der Waals surface area contributed by atoms with Crippen LogP contribution in [0.2, 0.25) is 0 Å². The highest BCUT2D eigenvalue weighted by Gasteiger charge is 2.40. The number of carbonyl (C=O) groups is 1. The Kier molecular flexibility index (Phi) is 2.74. The van der Waals surface area contributed by atoms with Crippen molar-refractivity contribution in [2.24, 2.45) is 0 Å². The minimum Gasteiger partial charge on any atom is -0.341 e. The summed E-state index contributed by atoms with van der Waals surface area (Å²) >= 11 is 0. The van der Waals surface area contributed by atoms with Crippen LogP contribution in [0.25, 0.3) is 0 Å². The molecular formula is C10H19N3O. The average Bonchev–Trinajstić information content (AvgIpc) is 2.20. The predicted molar refractivity (Wildman–Crippen MR) is 55.0 cm³/mol. The van der Waals surface area contributed by atoms with Gasteiger partial charge in [-0.15, -0.1) is 0 Å². The Morgan fingerprint density at radius 1 is 1.43 bits per heavy atom. The van der Waals surface area contributed by atoms with Gasteiger partial charge in [0.15, 0.2) is 0 Å². The first-order chi connectivity index (χ1) is 6.74. The number of hydrogen-bond acceptors (Lipinski definition) is 3. The van der Waals surface area contributed by atoms with E-state index in [0.29, 0.717) is 24.5 Å². The first-order valence-corrected chi connectivity index (χ1v) is 5.46. The molecule has 4 heteroatoms.